The van der Waals surface area contributed by atoms with Gasteiger partial charge in [-0.15, -0.1) is 0 Å². The number of nitrogens with zero attached hydrogens (tertiary/aromatic N) is 5. The van der Waals surface area contributed by atoms with Gasteiger partial charge in [0.15, 0.2) is 0 Å². The van der Waals surface area contributed by atoms with E-state index in [1.165, 1.54) is 6.33 Å². The zero-order chi connectivity index (χ0) is 17.6. The summed E-state index contributed by atoms with van der Waals surface area (Å²) in [6.07, 6.45) is 12.8. The normalized spacial score (nSPS) is 25.8. The van der Waals surface area contributed by atoms with Gasteiger partial charge in [-0.3, -0.25) is 4.79 Å². The number of anilines is 1. The van der Waals surface area contributed by atoms with E-state index in [1.807, 2.05) is 17.3 Å². The van der Waals surface area contributed by atoms with Crippen LogP contribution in [0.15, 0.2) is 31.1 Å². The van der Waals surface area contributed by atoms with Crippen LogP contribution in [0, 0.1) is 0 Å². The van der Waals surface area contributed by atoms with E-state index in [2.05, 4.69) is 25.3 Å². The lowest BCUT2D eigenvalue weighted by Crippen LogP contribution is -2.45. The number of carbonyl (C=O) groups excluding carboxylic acids is 1. The third kappa shape index (κ3) is 2.80. The third-order valence-electron chi connectivity index (χ3n) is 5.44. The Bertz CT molecular complexity index is 796. The van der Waals surface area contributed by atoms with Crippen LogP contribution in [0.2, 0.25) is 0 Å². The fraction of sp³-hybridized carbons (Fsp3) is 0.500. The van der Waals surface area contributed by atoms with Crippen LogP contribution in [-0.2, 0) is 10.3 Å². The van der Waals surface area contributed by atoms with Crippen molar-refractivity contribution in [3.8, 4) is 0 Å². The molecule has 2 aromatic heterocycles. The molecule has 1 saturated carbocycles. The molecule has 2 aliphatic heterocycles. The Balaban J connectivity index is 1.28. The van der Waals surface area contributed by atoms with Gasteiger partial charge in [0.1, 0.15) is 6.33 Å². The molecule has 2 atom stereocenters. The maximum atomic E-state index is 12.7. The van der Waals surface area contributed by atoms with Crippen molar-refractivity contribution in [1.29, 1.82) is 0 Å². The van der Waals surface area contributed by atoms with Crippen LogP contribution >= 0.6 is 0 Å². The number of carbonyl (C=O) groups is 1. The van der Waals surface area contributed by atoms with Gasteiger partial charge in [-0.1, -0.05) is 0 Å². The van der Waals surface area contributed by atoms with Crippen molar-refractivity contribution in [1.82, 2.24) is 24.8 Å². The minimum Gasteiger partial charge on any atom is -0.371 e. The molecule has 3 fully saturated rings. The lowest BCUT2D eigenvalue weighted by atomic mass is 10.1. The highest BCUT2D eigenvalue weighted by Gasteiger charge is 2.45. The maximum absolute atomic E-state index is 12.7. The first-order valence-electron chi connectivity index (χ1n) is 9.02. The van der Waals surface area contributed by atoms with Gasteiger partial charge >= 0.3 is 0 Å². The predicted molar refractivity (Wildman–Crippen MR) is 92.4 cm³/mol. The molecular weight excluding hydrogens is 332 g/mol. The molecule has 1 aliphatic carbocycles. The zero-order valence-corrected chi connectivity index (χ0v) is 14.3. The lowest BCUT2D eigenvalue weighted by molar-refractivity contribution is -0.0303. The molecule has 1 amide bonds. The van der Waals surface area contributed by atoms with E-state index in [4.69, 9.17) is 4.74 Å². The van der Waals surface area contributed by atoms with Crippen molar-refractivity contribution in [2.24, 2.45) is 0 Å². The van der Waals surface area contributed by atoms with Gasteiger partial charge in [0.05, 0.1) is 23.3 Å². The molecule has 1 N–H and O–H groups in total. The molecule has 4 heterocycles. The molecule has 8 heteroatoms. The SMILES string of the molecule is O=C(c1cnc(NC2(c3cncnc3)CC2)nc1)N1CC2CCC(C1)O2. The molecule has 134 valence electrons. The van der Waals surface area contributed by atoms with Crippen LogP contribution in [0.3, 0.4) is 0 Å². The number of nitrogens with one attached hydrogen (secondary N) is 1. The minimum atomic E-state index is -0.184. The van der Waals surface area contributed by atoms with Crippen LogP contribution in [0.25, 0.3) is 0 Å². The van der Waals surface area contributed by atoms with Gasteiger partial charge in [-0.05, 0) is 25.7 Å². The lowest BCUT2D eigenvalue weighted by Gasteiger charge is -2.32. The van der Waals surface area contributed by atoms with Crippen molar-refractivity contribution in [3.63, 3.8) is 0 Å². The van der Waals surface area contributed by atoms with Crippen LogP contribution in [-0.4, -0.2) is 56.0 Å². The maximum Gasteiger partial charge on any atom is 0.257 e. The molecular formula is C18H20N6O2. The van der Waals surface area contributed by atoms with Crippen molar-refractivity contribution in [2.75, 3.05) is 18.4 Å². The van der Waals surface area contributed by atoms with E-state index >= 15 is 0 Å². The van der Waals surface area contributed by atoms with E-state index < -0.39 is 0 Å². The average molecular weight is 352 g/mol. The summed E-state index contributed by atoms with van der Waals surface area (Å²) < 4.78 is 5.79. The quantitative estimate of drug-likeness (QED) is 0.888. The van der Waals surface area contributed by atoms with Gasteiger partial charge in [-0.25, -0.2) is 19.9 Å². The zero-order valence-electron chi connectivity index (χ0n) is 14.3. The highest BCUT2D eigenvalue weighted by atomic mass is 16.5. The number of rotatable bonds is 4. The molecule has 3 aliphatic rings. The van der Waals surface area contributed by atoms with E-state index in [9.17, 15) is 4.79 Å². The Hall–Kier alpha value is -2.61. The van der Waals surface area contributed by atoms with Crippen LogP contribution < -0.4 is 5.32 Å². The second-order valence-corrected chi connectivity index (χ2v) is 7.30. The summed E-state index contributed by atoms with van der Waals surface area (Å²) in [6, 6.07) is 0. The summed E-state index contributed by atoms with van der Waals surface area (Å²) in [5.74, 6) is 0.499. The first-order chi connectivity index (χ1) is 12.7. The van der Waals surface area contributed by atoms with E-state index in [-0.39, 0.29) is 23.7 Å². The Kier molecular flexibility index (Phi) is 3.59. The molecule has 0 radical (unpaired) electrons. The largest absolute Gasteiger partial charge is 0.371 e. The Morgan fingerprint density at radius 2 is 1.73 bits per heavy atom. The minimum absolute atomic E-state index is 0.0191. The number of likely N-dealkylation sites (tertiary alicyclic amines) is 1. The standard InChI is InChI=1S/C18H20N6O2/c25-16(24-9-14-1-2-15(10-24)26-14)12-5-21-17(22-6-12)23-18(3-4-18)13-7-19-11-20-8-13/h5-8,11,14-15H,1-4,9-10H2,(H,21,22,23). The molecule has 8 nitrogen and oxygen atoms in total. The number of amides is 1. The molecule has 2 saturated heterocycles. The molecule has 2 aromatic rings. The first-order valence-corrected chi connectivity index (χ1v) is 9.02. The summed E-state index contributed by atoms with van der Waals surface area (Å²) in [4.78, 5) is 31.5. The Morgan fingerprint density at radius 1 is 1.08 bits per heavy atom. The van der Waals surface area contributed by atoms with Crippen molar-refractivity contribution >= 4 is 11.9 Å². The summed E-state index contributed by atoms with van der Waals surface area (Å²) in [7, 11) is 0. The number of aromatic nitrogens is 4. The van der Waals surface area contributed by atoms with Gasteiger partial charge in [0, 0.05) is 43.4 Å². The fourth-order valence-corrected chi connectivity index (χ4v) is 3.84. The summed E-state index contributed by atoms with van der Waals surface area (Å²) in [5, 5.41) is 3.37. The predicted octanol–water partition coefficient (Wildman–Crippen LogP) is 1.37. The smallest absolute Gasteiger partial charge is 0.257 e. The van der Waals surface area contributed by atoms with E-state index in [0.717, 1.165) is 31.2 Å². The van der Waals surface area contributed by atoms with Crippen molar-refractivity contribution < 1.29 is 9.53 Å². The Labute approximate surface area is 151 Å². The topological polar surface area (TPSA) is 93.1 Å². The molecule has 26 heavy (non-hydrogen) atoms. The molecule has 2 unspecified atom stereocenters. The number of hydrogen-bond acceptors (Lipinski definition) is 7. The summed E-state index contributed by atoms with van der Waals surface area (Å²) in [5.41, 5.74) is 1.37. The monoisotopic (exact) mass is 352 g/mol. The van der Waals surface area contributed by atoms with Gasteiger partial charge in [0.25, 0.3) is 5.91 Å². The second kappa shape index (κ2) is 5.98. The van der Waals surface area contributed by atoms with Crippen molar-refractivity contribution in [2.45, 2.75) is 43.4 Å². The first kappa shape index (κ1) is 15.6. The second-order valence-electron chi connectivity index (χ2n) is 7.30. The van der Waals surface area contributed by atoms with Crippen LogP contribution in [0.5, 0.6) is 0 Å². The third-order valence-corrected chi connectivity index (χ3v) is 5.44. The average Bonchev–Trinajstić information content (AvgIpc) is 3.40. The fourth-order valence-electron chi connectivity index (χ4n) is 3.84. The number of morpholine rings is 1. The molecule has 0 aromatic carbocycles. The number of fused-ring (bicyclic) bond motifs is 2. The van der Waals surface area contributed by atoms with E-state index in [0.29, 0.717) is 24.6 Å². The Morgan fingerprint density at radius 3 is 2.35 bits per heavy atom. The van der Waals surface area contributed by atoms with Gasteiger partial charge in [0.2, 0.25) is 5.95 Å². The molecule has 2 bridgehead atoms. The van der Waals surface area contributed by atoms with Gasteiger partial charge < -0.3 is 15.0 Å². The van der Waals surface area contributed by atoms with Crippen LogP contribution in [0.4, 0.5) is 5.95 Å². The highest BCUT2D eigenvalue weighted by Crippen LogP contribution is 2.47. The summed E-state index contributed by atoms with van der Waals surface area (Å²) in [6.45, 7) is 1.32. The molecule has 5 rings (SSSR count). The number of hydrogen-bond donors (Lipinski definition) is 1. The van der Waals surface area contributed by atoms with Crippen molar-refractivity contribution in [3.05, 3.63) is 42.2 Å². The summed E-state index contributed by atoms with van der Waals surface area (Å²) >= 11 is 0. The molecule has 0 spiro atoms. The van der Waals surface area contributed by atoms with Crippen LogP contribution in [0.1, 0.15) is 41.6 Å². The van der Waals surface area contributed by atoms with Gasteiger partial charge in [-0.2, -0.15) is 0 Å². The highest BCUT2D eigenvalue weighted by molar-refractivity contribution is 5.93. The number of ether oxygens (including phenoxy) is 1. The van der Waals surface area contributed by atoms with E-state index in [1.54, 1.807) is 12.4 Å².